The number of hydrogen-bond donors (Lipinski definition) is 0. The van der Waals surface area contributed by atoms with Crippen LogP contribution in [-0.4, -0.2) is 13.9 Å². The van der Waals surface area contributed by atoms with Crippen molar-refractivity contribution >= 4 is 13.9 Å². The van der Waals surface area contributed by atoms with Crippen LogP contribution < -0.4 is 0 Å². The van der Waals surface area contributed by atoms with Crippen molar-refractivity contribution in [3.05, 3.63) is 10.8 Å². The molecule has 0 N–H and O–H groups in total. The summed E-state index contributed by atoms with van der Waals surface area (Å²) >= 11 is 0. The molecule has 19 heavy (non-hydrogen) atoms. The van der Waals surface area contributed by atoms with Crippen LogP contribution in [0.25, 0.3) is 0 Å². The summed E-state index contributed by atoms with van der Waals surface area (Å²) < 4.78 is 0. The Kier molecular flexibility index (Phi) is 4.87. The molecule has 0 radical (unpaired) electrons. The third kappa shape index (κ3) is 2.26. The molecule has 0 aromatic heterocycles. The van der Waals surface area contributed by atoms with Gasteiger partial charge in [0.15, 0.2) is 5.78 Å². The van der Waals surface area contributed by atoms with Crippen LogP contribution >= 0.6 is 0 Å². The van der Waals surface area contributed by atoms with Crippen molar-refractivity contribution in [2.45, 2.75) is 78.9 Å². The Hall–Kier alpha value is -0.373. The molecule has 0 aliphatic heterocycles. The van der Waals surface area contributed by atoms with Gasteiger partial charge in [0.05, 0.1) is 8.07 Å². The average molecular weight is 281 g/mol. The highest BCUT2D eigenvalue weighted by Crippen LogP contribution is 2.51. The van der Waals surface area contributed by atoms with Crippen LogP contribution in [0.15, 0.2) is 10.8 Å². The summed E-state index contributed by atoms with van der Waals surface area (Å²) in [5, 5.41) is 1.30. The van der Waals surface area contributed by atoms with Gasteiger partial charge < -0.3 is 0 Å². The molecule has 0 aromatic rings. The quantitative estimate of drug-likeness (QED) is 0.632. The third-order valence-corrected chi connectivity index (χ3v) is 13.0. The minimum absolute atomic E-state index is 0.193. The fourth-order valence-electron chi connectivity index (χ4n) is 4.67. The normalized spacial score (nSPS) is 25.4. The Morgan fingerprint density at radius 1 is 0.842 bits per heavy atom. The number of hydrogen-bond acceptors (Lipinski definition) is 1. The lowest BCUT2D eigenvalue weighted by Crippen LogP contribution is -2.49. The Morgan fingerprint density at radius 2 is 1.21 bits per heavy atom. The Balaban J connectivity index is 3.55. The maximum Gasteiger partial charge on any atom is 0.158 e. The first kappa shape index (κ1) is 16.7. The minimum Gasteiger partial charge on any atom is -0.295 e. The van der Waals surface area contributed by atoms with Crippen LogP contribution in [-0.2, 0) is 4.79 Å². The van der Waals surface area contributed by atoms with Gasteiger partial charge in [0.2, 0.25) is 0 Å². The second-order valence-corrected chi connectivity index (χ2v) is 13.2. The zero-order chi connectivity index (χ0) is 15.1. The van der Waals surface area contributed by atoms with E-state index in [-0.39, 0.29) is 5.92 Å². The molecule has 0 heterocycles. The first-order chi connectivity index (χ1) is 8.59. The summed E-state index contributed by atoms with van der Waals surface area (Å²) in [7, 11) is -1.77. The molecule has 1 aliphatic carbocycles. The van der Waals surface area contributed by atoms with E-state index < -0.39 is 8.07 Å². The van der Waals surface area contributed by atoms with Gasteiger partial charge in [-0.1, -0.05) is 61.0 Å². The molecular weight excluding hydrogens is 248 g/mol. The number of ketones is 1. The van der Waals surface area contributed by atoms with Crippen LogP contribution in [0.5, 0.6) is 0 Å². The van der Waals surface area contributed by atoms with E-state index in [1.54, 1.807) is 0 Å². The van der Waals surface area contributed by atoms with Crippen LogP contribution in [0.3, 0.4) is 0 Å². The van der Waals surface area contributed by atoms with E-state index in [1.807, 2.05) is 0 Å². The van der Waals surface area contributed by atoms with Crippen molar-refractivity contribution < 1.29 is 4.79 Å². The number of carbonyl (C=O) groups is 1. The number of allylic oxidation sites excluding steroid dienone is 2. The molecule has 0 saturated heterocycles. The van der Waals surface area contributed by atoms with Crippen LogP contribution in [0, 0.1) is 11.8 Å². The SMILES string of the molecule is CC1=C([Si](C(C)C)(C(C)C)C(C)C)C(=O)[C@H](C)[C@H]1C. The molecule has 0 unspecified atom stereocenters. The number of Topliss-reactive ketones (excluding diaryl/α,β-unsaturated/α-hetero) is 1. The van der Waals surface area contributed by atoms with Gasteiger partial charge >= 0.3 is 0 Å². The zero-order valence-corrected chi connectivity index (χ0v) is 15.3. The first-order valence-electron chi connectivity index (χ1n) is 7.85. The van der Waals surface area contributed by atoms with E-state index in [1.165, 1.54) is 10.8 Å². The first-order valence-corrected chi connectivity index (χ1v) is 10.1. The predicted molar refractivity (Wildman–Crippen MR) is 87.1 cm³/mol. The van der Waals surface area contributed by atoms with Crippen molar-refractivity contribution in [3.63, 3.8) is 0 Å². The molecule has 110 valence electrons. The maximum atomic E-state index is 12.9. The van der Waals surface area contributed by atoms with Gasteiger partial charge in [-0.25, -0.2) is 0 Å². The van der Waals surface area contributed by atoms with Gasteiger partial charge in [0.1, 0.15) is 0 Å². The van der Waals surface area contributed by atoms with E-state index in [4.69, 9.17) is 0 Å². The summed E-state index contributed by atoms with van der Waals surface area (Å²) in [6.45, 7) is 20.6. The standard InChI is InChI=1S/C17H32OSi/c1-10(2)19(11(3)4,12(5)6)17-15(9)13(7)14(8)16(17)18/h10-14H,1-9H3/t13-,14-/m1/s1. The summed E-state index contributed by atoms with van der Waals surface area (Å²) in [5.41, 5.74) is 3.27. The second-order valence-electron chi connectivity index (χ2n) is 7.40. The van der Waals surface area contributed by atoms with E-state index in [9.17, 15) is 4.79 Å². The second kappa shape index (κ2) is 5.55. The molecule has 0 fully saturated rings. The molecule has 1 rings (SSSR count). The summed E-state index contributed by atoms with van der Waals surface area (Å²) in [6, 6.07) is 0. The van der Waals surface area contributed by atoms with Gasteiger partial charge in [-0.2, -0.15) is 0 Å². The van der Waals surface area contributed by atoms with Gasteiger partial charge in [0.25, 0.3) is 0 Å². The molecule has 0 amide bonds. The fraction of sp³-hybridized carbons (Fsp3) is 0.824. The molecule has 0 saturated carbocycles. The molecule has 2 heteroatoms. The van der Waals surface area contributed by atoms with Crippen molar-refractivity contribution in [1.82, 2.24) is 0 Å². The molecule has 1 nitrogen and oxygen atoms in total. The van der Waals surface area contributed by atoms with Crippen molar-refractivity contribution in [2.24, 2.45) is 11.8 Å². The molecule has 2 atom stereocenters. The van der Waals surface area contributed by atoms with Crippen molar-refractivity contribution in [2.75, 3.05) is 0 Å². The summed E-state index contributed by atoms with van der Waals surface area (Å²) in [5.74, 6) is 1.09. The molecule has 1 aliphatic rings. The molecule has 0 spiro atoms. The number of rotatable bonds is 4. The lowest BCUT2D eigenvalue weighted by Gasteiger charge is -2.44. The highest BCUT2D eigenvalue weighted by atomic mass is 28.3. The summed E-state index contributed by atoms with van der Waals surface area (Å²) in [6.07, 6.45) is 0. The van der Waals surface area contributed by atoms with Gasteiger partial charge in [-0.15, -0.1) is 0 Å². The number of carbonyl (C=O) groups excluding carboxylic acids is 1. The molecule has 0 aromatic carbocycles. The molecule has 0 bridgehead atoms. The van der Waals surface area contributed by atoms with Crippen LogP contribution in [0.1, 0.15) is 62.3 Å². The Bertz CT molecular complexity index is 368. The van der Waals surface area contributed by atoms with E-state index >= 15 is 0 Å². The monoisotopic (exact) mass is 280 g/mol. The van der Waals surface area contributed by atoms with E-state index in [0.29, 0.717) is 28.3 Å². The summed E-state index contributed by atoms with van der Waals surface area (Å²) in [4.78, 5) is 12.9. The Morgan fingerprint density at radius 3 is 1.42 bits per heavy atom. The topological polar surface area (TPSA) is 17.1 Å². The lowest BCUT2D eigenvalue weighted by atomic mass is 9.95. The highest BCUT2D eigenvalue weighted by Gasteiger charge is 2.52. The minimum atomic E-state index is -1.77. The lowest BCUT2D eigenvalue weighted by molar-refractivity contribution is -0.118. The largest absolute Gasteiger partial charge is 0.295 e. The highest BCUT2D eigenvalue weighted by molar-refractivity contribution is 6.93. The fourth-order valence-corrected chi connectivity index (χ4v) is 12.0. The zero-order valence-electron chi connectivity index (χ0n) is 14.3. The van der Waals surface area contributed by atoms with E-state index in [0.717, 1.165) is 0 Å². The average Bonchev–Trinajstić information content (AvgIpc) is 2.46. The molecular formula is C17H32OSi. The van der Waals surface area contributed by atoms with Gasteiger partial charge in [0, 0.05) is 5.92 Å². The maximum absolute atomic E-state index is 12.9. The van der Waals surface area contributed by atoms with Gasteiger partial charge in [-0.05, 0) is 34.7 Å². The van der Waals surface area contributed by atoms with Crippen molar-refractivity contribution in [1.29, 1.82) is 0 Å². The predicted octanol–water partition coefficient (Wildman–Crippen LogP) is 5.38. The van der Waals surface area contributed by atoms with Crippen molar-refractivity contribution in [3.8, 4) is 0 Å². The van der Waals surface area contributed by atoms with Gasteiger partial charge in [-0.3, -0.25) is 4.79 Å². The smallest absolute Gasteiger partial charge is 0.158 e. The van der Waals surface area contributed by atoms with Crippen LogP contribution in [0.2, 0.25) is 16.6 Å². The van der Waals surface area contributed by atoms with E-state index in [2.05, 4.69) is 62.3 Å². The third-order valence-electron chi connectivity index (χ3n) is 5.79. The Labute approximate surface area is 120 Å². The van der Waals surface area contributed by atoms with Crippen LogP contribution in [0.4, 0.5) is 0 Å².